The topological polar surface area (TPSA) is 73.7 Å². The van der Waals surface area contributed by atoms with Crippen molar-refractivity contribution in [3.63, 3.8) is 0 Å². The minimum atomic E-state index is -0.818. The molecule has 1 saturated heterocycles. The van der Waals surface area contributed by atoms with Crippen LogP contribution in [0.3, 0.4) is 0 Å². The van der Waals surface area contributed by atoms with Crippen LogP contribution < -0.4 is 0 Å². The summed E-state index contributed by atoms with van der Waals surface area (Å²) >= 11 is 0. The van der Waals surface area contributed by atoms with Gasteiger partial charge in [-0.3, -0.25) is 9.78 Å². The van der Waals surface area contributed by atoms with Crippen LogP contribution in [-0.2, 0) is 11.2 Å². The summed E-state index contributed by atoms with van der Waals surface area (Å²) in [4.78, 5) is 17.1. The SMILES string of the molecule is O=C(Cc1ccncc1)N1C[C@@H](O)[C@@H](O)C1. The lowest BCUT2D eigenvalue weighted by molar-refractivity contribution is -0.129. The third-order valence-corrected chi connectivity index (χ3v) is 2.72. The maximum Gasteiger partial charge on any atom is 0.227 e. The van der Waals surface area contributed by atoms with E-state index in [1.54, 1.807) is 24.5 Å². The number of hydrogen-bond acceptors (Lipinski definition) is 4. The van der Waals surface area contributed by atoms with Crippen molar-refractivity contribution in [2.45, 2.75) is 18.6 Å². The summed E-state index contributed by atoms with van der Waals surface area (Å²) in [5, 5.41) is 18.7. The molecule has 1 aliphatic heterocycles. The van der Waals surface area contributed by atoms with Crippen LogP contribution in [0.4, 0.5) is 0 Å². The molecule has 5 heteroatoms. The quantitative estimate of drug-likeness (QED) is 0.686. The summed E-state index contributed by atoms with van der Waals surface area (Å²) < 4.78 is 0. The normalized spacial score (nSPS) is 24.8. The minimum Gasteiger partial charge on any atom is -0.388 e. The number of carbonyl (C=O) groups excluding carboxylic acids is 1. The van der Waals surface area contributed by atoms with Gasteiger partial charge in [-0.2, -0.15) is 0 Å². The van der Waals surface area contributed by atoms with Gasteiger partial charge in [0.05, 0.1) is 18.6 Å². The molecular formula is C11H14N2O3. The Morgan fingerprint density at radius 3 is 2.44 bits per heavy atom. The third-order valence-electron chi connectivity index (χ3n) is 2.72. The van der Waals surface area contributed by atoms with Gasteiger partial charge < -0.3 is 15.1 Å². The molecule has 1 aromatic rings. The molecule has 1 aromatic heterocycles. The number of amides is 1. The lowest BCUT2D eigenvalue weighted by Gasteiger charge is -2.14. The van der Waals surface area contributed by atoms with Gasteiger partial charge in [-0.1, -0.05) is 0 Å². The molecule has 5 nitrogen and oxygen atoms in total. The van der Waals surface area contributed by atoms with Crippen molar-refractivity contribution in [1.29, 1.82) is 0 Å². The number of pyridine rings is 1. The van der Waals surface area contributed by atoms with Gasteiger partial charge in [0.15, 0.2) is 0 Å². The van der Waals surface area contributed by atoms with E-state index in [0.717, 1.165) is 5.56 Å². The fraction of sp³-hybridized carbons (Fsp3) is 0.455. The number of aliphatic hydroxyl groups excluding tert-OH is 2. The zero-order valence-electron chi connectivity index (χ0n) is 8.78. The number of β-amino-alcohol motifs (C(OH)–C–C–N with tert-alkyl or cyclic N) is 2. The number of carbonyl (C=O) groups is 1. The van der Waals surface area contributed by atoms with Crippen LogP contribution in [-0.4, -0.2) is 51.3 Å². The average molecular weight is 222 g/mol. The summed E-state index contributed by atoms with van der Waals surface area (Å²) in [5.74, 6) is -0.0817. The van der Waals surface area contributed by atoms with Gasteiger partial charge >= 0.3 is 0 Å². The van der Waals surface area contributed by atoms with Crippen LogP contribution >= 0.6 is 0 Å². The summed E-state index contributed by atoms with van der Waals surface area (Å²) in [5.41, 5.74) is 0.885. The molecular weight excluding hydrogens is 208 g/mol. The van der Waals surface area contributed by atoms with Gasteiger partial charge in [0.25, 0.3) is 0 Å². The fourth-order valence-corrected chi connectivity index (χ4v) is 1.76. The molecule has 0 unspecified atom stereocenters. The first kappa shape index (κ1) is 11.0. The van der Waals surface area contributed by atoms with Crippen LogP contribution in [0, 0.1) is 0 Å². The van der Waals surface area contributed by atoms with Crippen molar-refractivity contribution in [3.05, 3.63) is 30.1 Å². The van der Waals surface area contributed by atoms with E-state index >= 15 is 0 Å². The molecule has 1 amide bonds. The fourth-order valence-electron chi connectivity index (χ4n) is 1.76. The maximum absolute atomic E-state index is 11.8. The molecule has 0 aliphatic carbocycles. The second-order valence-corrected chi connectivity index (χ2v) is 3.97. The van der Waals surface area contributed by atoms with Gasteiger partial charge in [-0.25, -0.2) is 0 Å². The molecule has 0 aromatic carbocycles. The van der Waals surface area contributed by atoms with Gasteiger partial charge in [-0.05, 0) is 17.7 Å². The van der Waals surface area contributed by atoms with Crippen molar-refractivity contribution in [2.24, 2.45) is 0 Å². The first-order chi connectivity index (χ1) is 7.66. The molecule has 0 bridgehead atoms. The number of aliphatic hydroxyl groups is 2. The Hall–Kier alpha value is -1.46. The standard InChI is InChI=1S/C11H14N2O3/c14-9-6-13(7-10(9)15)11(16)5-8-1-3-12-4-2-8/h1-4,9-10,14-15H,5-7H2/t9-,10+. The number of rotatable bonds is 2. The van der Waals surface area contributed by atoms with Gasteiger partial charge in [0.2, 0.25) is 5.91 Å². The minimum absolute atomic E-state index is 0.0817. The second kappa shape index (κ2) is 4.59. The highest BCUT2D eigenvalue weighted by molar-refractivity contribution is 5.79. The molecule has 0 radical (unpaired) electrons. The van der Waals surface area contributed by atoms with Crippen LogP contribution in [0.15, 0.2) is 24.5 Å². The van der Waals surface area contributed by atoms with E-state index in [1.165, 1.54) is 4.90 Å². The molecule has 2 heterocycles. The Bertz CT molecular complexity index is 359. The van der Waals surface area contributed by atoms with Crippen LogP contribution in [0.5, 0.6) is 0 Å². The molecule has 1 fully saturated rings. The van der Waals surface area contributed by atoms with Crippen LogP contribution in [0.25, 0.3) is 0 Å². The van der Waals surface area contributed by atoms with Crippen molar-refractivity contribution < 1.29 is 15.0 Å². The number of nitrogens with zero attached hydrogens (tertiary/aromatic N) is 2. The molecule has 86 valence electrons. The van der Waals surface area contributed by atoms with Crippen molar-refractivity contribution in [2.75, 3.05) is 13.1 Å². The first-order valence-corrected chi connectivity index (χ1v) is 5.19. The highest BCUT2D eigenvalue weighted by Crippen LogP contribution is 2.12. The third kappa shape index (κ3) is 2.37. The molecule has 2 rings (SSSR count). The molecule has 2 atom stereocenters. The lowest BCUT2D eigenvalue weighted by Crippen LogP contribution is -2.31. The lowest BCUT2D eigenvalue weighted by atomic mass is 10.2. The largest absolute Gasteiger partial charge is 0.388 e. The van der Waals surface area contributed by atoms with Crippen LogP contribution in [0.1, 0.15) is 5.56 Å². The summed E-state index contributed by atoms with van der Waals surface area (Å²) in [6, 6.07) is 3.56. The Morgan fingerprint density at radius 2 is 1.88 bits per heavy atom. The Morgan fingerprint density at radius 1 is 1.31 bits per heavy atom. The number of hydrogen-bond donors (Lipinski definition) is 2. The highest BCUT2D eigenvalue weighted by Gasteiger charge is 2.32. The van der Waals surface area contributed by atoms with Gasteiger partial charge in [-0.15, -0.1) is 0 Å². The predicted molar refractivity (Wildman–Crippen MR) is 56.5 cm³/mol. The van der Waals surface area contributed by atoms with E-state index in [9.17, 15) is 15.0 Å². The predicted octanol–water partition coefficient (Wildman–Crippen LogP) is -0.812. The van der Waals surface area contributed by atoms with Gasteiger partial charge in [0.1, 0.15) is 0 Å². The number of likely N-dealkylation sites (tertiary alicyclic amines) is 1. The zero-order chi connectivity index (χ0) is 11.5. The highest BCUT2D eigenvalue weighted by atomic mass is 16.3. The van der Waals surface area contributed by atoms with Gasteiger partial charge in [0, 0.05) is 25.5 Å². The summed E-state index contributed by atoms with van der Waals surface area (Å²) in [7, 11) is 0. The molecule has 0 spiro atoms. The van der Waals surface area contributed by atoms with Crippen molar-refractivity contribution in [1.82, 2.24) is 9.88 Å². The maximum atomic E-state index is 11.8. The average Bonchev–Trinajstić information content (AvgIpc) is 2.61. The van der Waals surface area contributed by atoms with Crippen LogP contribution in [0.2, 0.25) is 0 Å². The second-order valence-electron chi connectivity index (χ2n) is 3.97. The van der Waals surface area contributed by atoms with E-state index < -0.39 is 12.2 Å². The molecule has 16 heavy (non-hydrogen) atoms. The first-order valence-electron chi connectivity index (χ1n) is 5.19. The number of aromatic nitrogens is 1. The van der Waals surface area contributed by atoms with E-state index in [1.807, 2.05) is 0 Å². The smallest absolute Gasteiger partial charge is 0.227 e. The Labute approximate surface area is 93.3 Å². The van der Waals surface area contributed by atoms with E-state index in [4.69, 9.17) is 0 Å². The van der Waals surface area contributed by atoms with E-state index in [-0.39, 0.29) is 25.4 Å². The molecule has 1 aliphatic rings. The van der Waals surface area contributed by atoms with Crippen molar-refractivity contribution in [3.8, 4) is 0 Å². The Balaban J connectivity index is 1.95. The van der Waals surface area contributed by atoms with E-state index in [0.29, 0.717) is 0 Å². The molecule has 2 N–H and O–H groups in total. The Kier molecular flexibility index (Phi) is 3.17. The summed E-state index contributed by atoms with van der Waals surface area (Å²) in [6.07, 6.45) is 1.91. The van der Waals surface area contributed by atoms with Crippen molar-refractivity contribution >= 4 is 5.91 Å². The molecule has 0 saturated carbocycles. The monoisotopic (exact) mass is 222 g/mol. The zero-order valence-corrected chi connectivity index (χ0v) is 8.78. The summed E-state index contributed by atoms with van der Waals surface area (Å²) in [6.45, 7) is 0.427. The van der Waals surface area contributed by atoms with E-state index in [2.05, 4.69) is 4.98 Å².